The van der Waals surface area contributed by atoms with Crippen LogP contribution in [-0.2, 0) is 22.7 Å². The van der Waals surface area contributed by atoms with Crippen LogP contribution in [0, 0.1) is 11.8 Å². The number of pyridine rings is 1. The molecule has 0 radical (unpaired) electrons. The van der Waals surface area contributed by atoms with Gasteiger partial charge in [-0.15, -0.1) is 0 Å². The first-order valence-electron chi connectivity index (χ1n) is 12.5. The van der Waals surface area contributed by atoms with Crippen LogP contribution in [0.1, 0.15) is 62.6 Å². The number of carbonyl (C=O) groups is 2. The molecule has 4 aliphatic rings. The molecule has 7 nitrogen and oxygen atoms in total. The van der Waals surface area contributed by atoms with Crippen LogP contribution < -0.4 is 5.56 Å². The molecule has 5 heterocycles. The van der Waals surface area contributed by atoms with Crippen molar-refractivity contribution >= 4 is 11.8 Å². The van der Waals surface area contributed by atoms with Gasteiger partial charge in [-0.05, 0) is 57.2 Å². The summed E-state index contributed by atoms with van der Waals surface area (Å²) < 4.78 is 2.02. The number of hydrogen-bond donors (Lipinski definition) is 0. The molecule has 4 aliphatic heterocycles. The number of piperidine rings is 3. The van der Waals surface area contributed by atoms with Crippen molar-refractivity contribution in [1.82, 2.24) is 19.3 Å². The summed E-state index contributed by atoms with van der Waals surface area (Å²) in [6, 6.07) is 4.20. The minimum atomic E-state index is 0.0264. The standard InChI is InChI=1S/C25H36N4O3/c1-18(30)27-11-7-20(8-12-27)24(31)28-14-19-13-22(17-28)23-6-5-21(25(32)29(23)15-19)16-26-9-3-2-4-10-26/h5-6,19-20,22H,2-4,7-17H2,1H3/t19-,22+/m0/s1. The predicted molar refractivity (Wildman–Crippen MR) is 122 cm³/mol. The fraction of sp³-hybridized carbons (Fsp3) is 0.720. The average molecular weight is 441 g/mol. The Morgan fingerprint density at radius 3 is 2.41 bits per heavy atom. The first-order chi connectivity index (χ1) is 15.5. The second kappa shape index (κ2) is 9.00. The second-order valence-corrected chi connectivity index (χ2v) is 10.4. The van der Waals surface area contributed by atoms with E-state index in [0.29, 0.717) is 25.6 Å². The van der Waals surface area contributed by atoms with Crippen LogP contribution >= 0.6 is 0 Å². The second-order valence-electron chi connectivity index (χ2n) is 10.4. The van der Waals surface area contributed by atoms with E-state index in [1.54, 1.807) is 6.92 Å². The fourth-order valence-corrected chi connectivity index (χ4v) is 6.35. The van der Waals surface area contributed by atoms with Crippen molar-refractivity contribution in [3.05, 3.63) is 33.7 Å². The predicted octanol–water partition coefficient (Wildman–Crippen LogP) is 2.04. The molecule has 0 N–H and O–H groups in total. The summed E-state index contributed by atoms with van der Waals surface area (Å²) in [5.74, 6) is 0.981. The number of amides is 2. The Bertz CT molecular complexity index is 928. The van der Waals surface area contributed by atoms with Gasteiger partial charge in [0.05, 0.1) is 0 Å². The van der Waals surface area contributed by atoms with E-state index in [2.05, 4.69) is 15.9 Å². The molecule has 0 aromatic carbocycles. The summed E-state index contributed by atoms with van der Waals surface area (Å²) in [6.45, 7) is 8.12. The molecule has 3 saturated heterocycles. The Labute approximate surface area is 190 Å². The zero-order valence-corrected chi connectivity index (χ0v) is 19.3. The van der Waals surface area contributed by atoms with Crippen molar-refractivity contribution in [2.24, 2.45) is 11.8 Å². The van der Waals surface area contributed by atoms with Crippen molar-refractivity contribution < 1.29 is 9.59 Å². The van der Waals surface area contributed by atoms with Gasteiger partial charge in [0.25, 0.3) is 5.56 Å². The Morgan fingerprint density at radius 2 is 1.69 bits per heavy atom. The summed E-state index contributed by atoms with van der Waals surface area (Å²) >= 11 is 0. The molecule has 0 spiro atoms. The third-order valence-electron chi connectivity index (χ3n) is 8.13. The molecule has 174 valence electrons. The smallest absolute Gasteiger partial charge is 0.255 e. The monoisotopic (exact) mass is 440 g/mol. The molecule has 0 unspecified atom stereocenters. The van der Waals surface area contributed by atoms with E-state index >= 15 is 0 Å². The molecule has 0 aliphatic carbocycles. The van der Waals surface area contributed by atoms with Crippen LogP contribution in [0.2, 0.25) is 0 Å². The van der Waals surface area contributed by atoms with E-state index in [1.165, 1.54) is 19.3 Å². The quantitative estimate of drug-likeness (QED) is 0.722. The highest BCUT2D eigenvalue weighted by Crippen LogP contribution is 2.36. The van der Waals surface area contributed by atoms with Crippen LogP contribution in [-0.4, -0.2) is 70.3 Å². The van der Waals surface area contributed by atoms with Gasteiger partial charge in [-0.3, -0.25) is 19.3 Å². The topological polar surface area (TPSA) is 65.9 Å². The van der Waals surface area contributed by atoms with Crippen LogP contribution in [0.5, 0.6) is 0 Å². The lowest BCUT2D eigenvalue weighted by Crippen LogP contribution is -2.52. The van der Waals surface area contributed by atoms with Crippen LogP contribution in [0.25, 0.3) is 0 Å². The van der Waals surface area contributed by atoms with E-state index < -0.39 is 0 Å². The highest BCUT2D eigenvalue weighted by Gasteiger charge is 2.39. The number of carbonyl (C=O) groups excluding carboxylic acids is 2. The maximum Gasteiger partial charge on any atom is 0.255 e. The highest BCUT2D eigenvalue weighted by atomic mass is 16.2. The van der Waals surface area contributed by atoms with Crippen LogP contribution in [0.4, 0.5) is 0 Å². The molecule has 5 rings (SSSR count). The van der Waals surface area contributed by atoms with Crippen molar-refractivity contribution in [2.75, 3.05) is 39.3 Å². The third kappa shape index (κ3) is 4.24. The van der Waals surface area contributed by atoms with Gasteiger partial charge in [0.2, 0.25) is 11.8 Å². The van der Waals surface area contributed by atoms with Crippen molar-refractivity contribution in [1.29, 1.82) is 0 Å². The van der Waals surface area contributed by atoms with Gasteiger partial charge in [-0.25, -0.2) is 0 Å². The van der Waals surface area contributed by atoms with Gasteiger partial charge in [-0.1, -0.05) is 12.5 Å². The first-order valence-corrected chi connectivity index (χ1v) is 12.5. The number of fused-ring (bicyclic) bond motifs is 4. The molecule has 0 saturated carbocycles. The number of rotatable bonds is 3. The Morgan fingerprint density at radius 1 is 0.938 bits per heavy atom. The largest absolute Gasteiger partial charge is 0.343 e. The van der Waals surface area contributed by atoms with Gasteiger partial charge < -0.3 is 14.4 Å². The summed E-state index contributed by atoms with van der Waals surface area (Å²) in [7, 11) is 0. The summed E-state index contributed by atoms with van der Waals surface area (Å²) in [5.41, 5.74) is 2.21. The fourth-order valence-electron chi connectivity index (χ4n) is 6.35. The maximum atomic E-state index is 13.3. The van der Waals surface area contributed by atoms with Crippen LogP contribution in [0.3, 0.4) is 0 Å². The van der Waals surface area contributed by atoms with E-state index in [9.17, 15) is 14.4 Å². The van der Waals surface area contributed by atoms with Gasteiger partial charge in [0, 0.05) is 69.3 Å². The Hall–Kier alpha value is -2.15. The number of hydrogen-bond acceptors (Lipinski definition) is 4. The van der Waals surface area contributed by atoms with Crippen molar-refractivity contribution in [3.63, 3.8) is 0 Å². The Balaban J connectivity index is 1.27. The number of nitrogens with zero attached hydrogens (tertiary/aromatic N) is 4. The molecule has 7 heteroatoms. The zero-order chi connectivity index (χ0) is 22.2. The lowest BCUT2D eigenvalue weighted by atomic mass is 9.82. The maximum absolute atomic E-state index is 13.3. The van der Waals surface area contributed by atoms with E-state index in [0.717, 1.165) is 63.2 Å². The molecular weight excluding hydrogens is 404 g/mol. The molecule has 2 atom stereocenters. The molecule has 32 heavy (non-hydrogen) atoms. The lowest BCUT2D eigenvalue weighted by molar-refractivity contribution is -0.142. The van der Waals surface area contributed by atoms with Gasteiger partial charge >= 0.3 is 0 Å². The van der Waals surface area contributed by atoms with Gasteiger partial charge in [-0.2, -0.15) is 0 Å². The third-order valence-corrected chi connectivity index (χ3v) is 8.13. The SMILES string of the molecule is CC(=O)N1CCC(C(=O)N2C[C@@H]3C[C@H](C2)c2ccc(CN4CCCCC4)c(=O)n2C3)CC1. The Kier molecular flexibility index (Phi) is 6.10. The number of aromatic nitrogens is 1. The average Bonchev–Trinajstić information content (AvgIpc) is 2.81. The minimum Gasteiger partial charge on any atom is -0.343 e. The van der Waals surface area contributed by atoms with E-state index in [1.807, 2.05) is 15.5 Å². The van der Waals surface area contributed by atoms with Crippen molar-refractivity contribution in [2.45, 2.75) is 64.5 Å². The number of likely N-dealkylation sites (tertiary alicyclic amines) is 3. The normalized spacial score (nSPS) is 26.7. The highest BCUT2D eigenvalue weighted by molar-refractivity contribution is 5.80. The first kappa shape index (κ1) is 21.7. The summed E-state index contributed by atoms with van der Waals surface area (Å²) in [6.07, 6.45) is 6.36. The lowest BCUT2D eigenvalue weighted by Gasteiger charge is -2.44. The van der Waals surface area contributed by atoms with Crippen molar-refractivity contribution in [3.8, 4) is 0 Å². The molecule has 2 bridgehead atoms. The van der Waals surface area contributed by atoms with E-state index in [4.69, 9.17) is 0 Å². The van der Waals surface area contributed by atoms with E-state index in [-0.39, 0.29) is 29.2 Å². The minimum absolute atomic E-state index is 0.0264. The van der Waals surface area contributed by atoms with Gasteiger partial charge in [0.1, 0.15) is 0 Å². The summed E-state index contributed by atoms with van der Waals surface area (Å²) in [5, 5.41) is 0. The van der Waals surface area contributed by atoms with Crippen LogP contribution in [0.15, 0.2) is 16.9 Å². The molecule has 1 aromatic rings. The molecule has 3 fully saturated rings. The summed E-state index contributed by atoms with van der Waals surface area (Å²) in [4.78, 5) is 44.5. The molecule has 1 aromatic heterocycles. The van der Waals surface area contributed by atoms with Gasteiger partial charge in [0.15, 0.2) is 0 Å². The molecule has 2 amide bonds. The zero-order valence-electron chi connectivity index (χ0n) is 19.3. The molecular formula is C25H36N4O3.